The molecule has 0 aromatic heterocycles. The Hall–Kier alpha value is -0.250. The Balaban J connectivity index is 2.22. The molecule has 0 unspecified atom stereocenters. The van der Waals surface area contributed by atoms with E-state index in [1.54, 1.807) is 0 Å². The van der Waals surface area contributed by atoms with Crippen molar-refractivity contribution in [3.05, 3.63) is 65.7 Å². The van der Waals surface area contributed by atoms with E-state index in [2.05, 4.69) is 12.1 Å². The van der Waals surface area contributed by atoms with Gasteiger partial charge in [-0.2, -0.15) is 0 Å². The van der Waals surface area contributed by atoms with Crippen molar-refractivity contribution in [2.45, 2.75) is 0 Å². The van der Waals surface area contributed by atoms with Crippen molar-refractivity contribution in [3.63, 3.8) is 0 Å². The fraction of sp³-hybridized carbons (Fsp3) is 0. The number of rotatable bonds is 2. The third-order valence-corrected chi connectivity index (χ3v) is 4.85. The van der Waals surface area contributed by atoms with E-state index in [1.165, 1.54) is 7.14 Å². The zero-order valence-electron chi connectivity index (χ0n) is 7.75. The summed E-state index contributed by atoms with van der Waals surface area (Å²) in [5.41, 5.74) is 0. The molecule has 2 aromatic carbocycles. The Morgan fingerprint density at radius 3 is 1.60 bits per heavy atom. The van der Waals surface area contributed by atoms with E-state index in [4.69, 9.17) is 23.2 Å². The minimum Gasteiger partial charge on any atom is -0.0842 e. The van der Waals surface area contributed by atoms with Gasteiger partial charge in [0.15, 0.2) is 7.14 Å². The number of halogens is 3. The van der Waals surface area contributed by atoms with Crippen LogP contribution < -0.4 is 21.2 Å². The molecule has 15 heavy (non-hydrogen) atoms. The van der Waals surface area contributed by atoms with Gasteiger partial charge >= 0.3 is 21.2 Å². The summed E-state index contributed by atoms with van der Waals surface area (Å²) in [6.07, 6.45) is 0. The summed E-state index contributed by atoms with van der Waals surface area (Å²) in [6, 6.07) is 16.0. The summed E-state index contributed by atoms with van der Waals surface area (Å²) in [7, 11) is 0. The summed E-state index contributed by atoms with van der Waals surface area (Å²) < 4.78 is 2.62. The van der Waals surface area contributed by atoms with E-state index in [0.29, 0.717) is 0 Å². The summed E-state index contributed by atoms with van der Waals surface area (Å²) in [5, 5.41) is 1.60. The molecule has 0 aliphatic rings. The van der Waals surface area contributed by atoms with Crippen LogP contribution in [0.25, 0.3) is 0 Å². The normalized spacial score (nSPS) is 10.3. The maximum Gasteiger partial charge on any atom is 0.358 e. The molecule has 0 aliphatic heterocycles. The lowest BCUT2D eigenvalue weighted by molar-refractivity contribution is -0.597. The highest BCUT2D eigenvalue weighted by Gasteiger charge is 2.15. The van der Waals surface area contributed by atoms with Crippen LogP contribution in [0.3, 0.4) is 0 Å². The van der Waals surface area contributed by atoms with Crippen molar-refractivity contribution in [1.29, 1.82) is 0 Å². The zero-order chi connectivity index (χ0) is 10.7. The van der Waals surface area contributed by atoms with Gasteiger partial charge in [-0.05, 0) is 24.3 Å². The second kappa shape index (κ2) is 5.19. The van der Waals surface area contributed by atoms with Gasteiger partial charge in [-0.1, -0.05) is 35.3 Å². The molecular formula is C12H8Cl2I+. The molecule has 0 N–H and O–H groups in total. The number of hydrogen-bond acceptors (Lipinski definition) is 0. The molecule has 0 nitrogen and oxygen atoms in total. The number of benzene rings is 2. The zero-order valence-corrected chi connectivity index (χ0v) is 11.4. The maximum atomic E-state index is 5.93. The summed E-state index contributed by atoms with van der Waals surface area (Å²) in [5.74, 6) is 0. The second-order valence-corrected chi connectivity index (χ2v) is 6.88. The van der Waals surface area contributed by atoms with Crippen molar-refractivity contribution in [2.24, 2.45) is 0 Å². The lowest BCUT2D eigenvalue weighted by atomic mass is 10.4. The standard InChI is InChI=1S/C12H8Cl2I/c13-9-3-1-5-11(7-9)15-12-6-2-4-10(14)8-12/h1-8H/q+1. The molecule has 0 heterocycles. The lowest BCUT2D eigenvalue weighted by Crippen LogP contribution is -3.61. The van der Waals surface area contributed by atoms with Crippen LogP contribution in [0.1, 0.15) is 0 Å². The van der Waals surface area contributed by atoms with Gasteiger partial charge in [-0.25, -0.2) is 0 Å². The van der Waals surface area contributed by atoms with Gasteiger partial charge in [0, 0.05) is 22.2 Å². The fourth-order valence-electron chi connectivity index (χ4n) is 1.16. The van der Waals surface area contributed by atoms with Crippen LogP contribution in [0.4, 0.5) is 0 Å². The Morgan fingerprint density at radius 2 is 1.20 bits per heavy atom. The van der Waals surface area contributed by atoms with Crippen LogP contribution in [0, 0.1) is 7.14 Å². The fourth-order valence-corrected chi connectivity index (χ4v) is 4.39. The SMILES string of the molecule is Clc1cccc([I+]c2cccc(Cl)c2)c1. The highest BCUT2D eigenvalue weighted by molar-refractivity contribution is 6.30. The first-order chi connectivity index (χ1) is 7.24. The van der Waals surface area contributed by atoms with Gasteiger partial charge in [-0.15, -0.1) is 0 Å². The molecule has 76 valence electrons. The first-order valence-electron chi connectivity index (χ1n) is 4.40. The van der Waals surface area contributed by atoms with E-state index in [-0.39, 0.29) is 21.2 Å². The summed E-state index contributed by atoms with van der Waals surface area (Å²) in [4.78, 5) is 0. The molecular weight excluding hydrogens is 342 g/mol. The van der Waals surface area contributed by atoms with E-state index in [1.807, 2.05) is 36.4 Å². The quantitative estimate of drug-likeness (QED) is 0.713. The summed E-state index contributed by atoms with van der Waals surface area (Å²) >= 11 is 11.7. The van der Waals surface area contributed by atoms with Crippen LogP contribution in [0.15, 0.2) is 48.5 Å². The average Bonchev–Trinajstić information content (AvgIpc) is 2.17. The number of hydrogen-bond donors (Lipinski definition) is 0. The van der Waals surface area contributed by atoms with Crippen LogP contribution >= 0.6 is 23.2 Å². The first-order valence-corrected chi connectivity index (χ1v) is 7.31. The highest BCUT2D eigenvalue weighted by atomic mass is 127. The predicted octanol–water partition coefficient (Wildman–Crippen LogP) is 1.12. The van der Waals surface area contributed by atoms with Gasteiger partial charge in [-0.3, -0.25) is 0 Å². The second-order valence-electron chi connectivity index (χ2n) is 2.97. The average molecular weight is 350 g/mol. The first kappa shape index (κ1) is 11.2. The molecule has 0 bridgehead atoms. The molecule has 3 heteroatoms. The summed E-state index contributed by atoms with van der Waals surface area (Å²) in [6.45, 7) is 0. The van der Waals surface area contributed by atoms with Crippen molar-refractivity contribution in [1.82, 2.24) is 0 Å². The topological polar surface area (TPSA) is 0 Å². The molecule has 0 spiro atoms. The van der Waals surface area contributed by atoms with Gasteiger partial charge in [0.1, 0.15) is 0 Å². The van der Waals surface area contributed by atoms with Gasteiger partial charge in [0.25, 0.3) is 0 Å². The van der Waals surface area contributed by atoms with Crippen molar-refractivity contribution < 1.29 is 21.2 Å². The van der Waals surface area contributed by atoms with Gasteiger partial charge in [0.05, 0.1) is 0 Å². The van der Waals surface area contributed by atoms with E-state index >= 15 is 0 Å². The smallest absolute Gasteiger partial charge is 0.0842 e. The lowest BCUT2D eigenvalue weighted by Gasteiger charge is -1.89. The van der Waals surface area contributed by atoms with Crippen LogP contribution in [0.5, 0.6) is 0 Å². The molecule has 2 rings (SSSR count). The minimum absolute atomic E-state index is 0.174. The monoisotopic (exact) mass is 349 g/mol. The molecule has 0 saturated carbocycles. The third-order valence-electron chi connectivity index (χ3n) is 1.79. The molecule has 0 saturated heterocycles. The maximum absolute atomic E-state index is 5.93. The molecule has 0 atom stereocenters. The van der Waals surface area contributed by atoms with E-state index in [0.717, 1.165) is 10.0 Å². The van der Waals surface area contributed by atoms with Crippen LogP contribution in [-0.2, 0) is 0 Å². The largest absolute Gasteiger partial charge is 0.358 e. The Bertz CT molecular complexity index is 425. The third kappa shape index (κ3) is 3.37. The van der Waals surface area contributed by atoms with E-state index < -0.39 is 0 Å². The van der Waals surface area contributed by atoms with E-state index in [9.17, 15) is 0 Å². The Labute approximate surface area is 109 Å². The van der Waals surface area contributed by atoms with Gasteiger partial charge < -0.3 is 0 Å². The van der Waals surface area contributed by atoms with Crippen LogP contribution in [0.2, 0.25) is 10.0 Å². The predicted molar refractivity (Wildman–Crippen MR) is 60.3 cm³/mol. The molecule has 0 aliphatic carbocycles. The molecule has 0 radical (unpaired) electrons. The van der Waals surface area contributed by atoms with Crippen molar-refractivity contribution in [2.75, 3.05) is 0 Å². The van der Waals surface area contributed by atoms with Crippen LogP contribution in [-0.4, -0.2) is 0 Å². The Kier molecular flexibility index (Phi) is 3.89. The highest BCUT2D eigenvalue weighted by Crippen LogP contribution is 2.06. The Morgan fingerprint density at radius 1 is 0.733 bits per heavy atom. The molecule has 0 fully saturated rings. The van der Waals surface area contributed by atoms with Crippen molar-refractivity contribution >= 4 is 23.2 Å². The molecule has 0 amide bonds. The minimum atomic E-state index is -0.174. The van der Waals surface area contributed by atoms with Crippen molar-refractivity contribution in [3.8, 4) is 0 Å². The van der Waals surface area contributed by atoms with Gasteiger partial charge in [0.2, 0.25) is 0 Å². The molecule has 2 aromatic rings.